The van der Waals surface area contributed by atoms with E-state index in [1.807, 2.05) is 26.8 Å². The highest BCUT2D eigenvalue weighted by Crippen LogP contribution is 2.27. The Hall–Kier alpha value is -2.28. The Balaban J connectivity index is 0.000000381. The van der Waals surface area contributed by atoms with Gasteiger partial charge in [0.15, 0.2) is 0 Å². The molecule has 25 heavy (non-hydrogen) atoms. The van der Waals surface area contributed by atoms with Crippen molar-refractivity contribution >= 4 is 23.8 Å². The molecule has 3 N–H and O–H groups in total. The molecule has 2 rings (SSSR count). The number of carbonyl (C=O) groups excluding carboxylic acids is 2. The van der Waals surface area contributed by atoms with E-state index in [1.54, 1.807) is 12.1 Å². The van der Waals surface area contributed by atoms with Gasteiger partial charge in [-0.25, -0.2) is 4.79 Å². The molecule has 140 valence electrons. The number of rotatable bonds is 3. The number of piperazine rings is 1. The van der Waals surface area contributed by atoms with Gasteiger partial charge in [-0.1, -0.05) is 0 Å². The second-order valence-corrected chi connectivity index (χ2v) is 6.84. The van der Waals surface area contributed by atoms with Crippen LogP contribution >= 0.6 is 0 Å². The number of esters is 1. The van der Waals surface area contributed by atoms with Crippen LogP contribution in [0.4, 0.5) is 11.4 Å². The first-order valence-electron chi connectivity index (χ1n) is 8.26. The molecule has 0 spiro atoms. The second-order valence-electron chi connectivity index (χ2n) is 6.84. The average Bonchev–Trinajstić information content (AvgIpc) is 2.54. The van der Waals surface area contributed by atoms with Crippen molar-refractivity contribution in [3.05, 3.63) is 23.8 Å². The zero-order valence-corrected chi connectivity index (χ0v) is 15.7. The summed E-state index contributed by atoms with van der Waals surface area (Å²) in [4.78, 5) is 23.3. The van der Waals surface area contributed by atoms with E-state index in [0.29, 0.717) is 23.8 Å². The fourth-order valence-corrected chi connectivity index (χ4v) is 2.40. The summed E-state index contributed by atoms with van der Waals surface area (Å²) in [6.07, 6.45) is 0. The summed E-state index contributed by atoms with van der Waals surface area (Å²) < 4.78 is 9.23. The van der Waals surface area contributed by atoms with Crippen molar-refractivity contribution in [1.82, 2.24) is 5.32 Å². The number of methoxy groups -OCH3 is 1. The van der Waals surface area contributed by atoms with Crippen molar-refractivity contribution in [2.24, 2.45) is 0 Å². The van der Waals surface area contributed by atoms with E-state index in [0.717, 1.165) is 25.3 Å². The Labute approximate surface area is 149 Å². The van der Waals surface area contributed by atoms with Gasteiger partial charge in [-0.05, 0) is 45.9 Å². The summed E-state index contributed by atoms with van der Waals surface area (Å²) in [5.41, 5.74) is 7.81. The summed E-state index contributed by atoms with van der Waals surface area (Å²) in [7, 11) is 1.37. The number of carbonyl (C=O) groups is 2. The molecule has 1 aliphatic rings. The Kier molecular flexibility index (Phi) is 7.70. The molecule has 0 amide bonds. The Morgan fingerprint density at radius 1 is 1.40 bits per heavy atom. The van der Waals surface area contributed by atoms with Crippen LogP contribution < -0.4 is 16.0 Å². The quantitative estimate of drug-likeness (QED) is 0.487. The van der Waals surface area contributed by atoms with E-state index in [4.69, 9.17) is 5.73 Å². The first kappa shape index (κ1) is 20.8. The van der Waals surface area contributed by atoms with Crippen LogP contribution in [-0.4, -0.2) is 50.8 Å². The fraction of sp³-hybridized carbons (Fsp3) is 0.556. The van der Waals surface area contributed by atoms with E-state index < -0.39 is 0 Å². The molecule has 0 unspecified atom stereocenters. The number of ether oxygens (including phenoxy) is 2. The largest absolute Gasteiger partial charge is 0.465 e. The van der Waals surface area contributed by atoms with Gasteiger partial charge < -0.3 is 25.4 Å². The highest BCUT2D eigenvalue weighted by atomic mass is 16.5. The molecule has 1 saturated heterocycles. The van der Waals surface area contributed by atoms with Crippen molar-refractivity contribution in [3.8, 4) is 0 Å². The lowest BCUT2D eigenvalue weighted by Crippen LogP contribution is -2.50. The van der Waals surface area contributed by atoms with E-state index in [1.165, 1.54) is 7.11 Å². The van der Waals surface area contributed by atoms with Gasteiger partial charge in [0, 0.05) is 25.7 Å². The van der Waals surface area contributed by atoms with Gasteiger partial charge in [-0.15, -0.1) is 0 Å². The Morgan fingerprint density at radius 2 is 2.08 bits per heavy atom. The second kappa shape index (κ2) is 9.27. The van der Waals surface area contributed by atoms with Crippen molar-refractivity contribution < 1.29 is 19.1 Å². The minimum absolute atomic E-state index is 0.318. The smallest absolute Gasteiger partial charge is 0.337 e. The number of hydrogen-bond acceptors (Lipinski definition) is 7. The van der Waals surface area contributed by atoms with Gasteiger partial charge in [-0.2, -0.15) is 0 Å². The number of benzene rings is 1. The van der Waals surface area contributed by atoms with Crippen LogP contribution in [0.3, 0.4) is 0 Å². The molecule has 0 bridgehead atoms. The predicted molar refractivity (Wildman–Crippen MR) is 98.8 cm³/mol. The number of nitrogens with one attached hydrogen (secondary N) is 1. The standard InChI is InChI=1S/C13H19N3O2.C5H10O2/c1-9-8-15-5-6-16(9)12-4-3-10(7-11(12)14)13(17)18-2;1-5(2,3)7-4-6/h3-4,7,9,15H,5-6,8,14H2,1-2H3;4H,1-3H3/t9-;/m1./s1. The number of hydrogen-bond donors (Lipinski definition) is 2. The van der Waals surface area contributed by atoms with Crippen molar-refractivity contribution in [2.45, 2.75) is 39.3 Å². The van der Waals surface area contributed by atoms with Gasteiger partial charge in [0.2, 0.25) is 0 Å². The number of anilines is 2. The normalized spacial score (nSPS) is 17.2. The molecular weight excluding hydrogens is 322 g/mol. The third kappa shape index (κ3) is 6.62. The van der Waals surface area contributed by atoms with Crippen molar-refractivity contribution in [1.29, 1.82) is 0 Å². The number of nitrogen functional groups attached to an aromatic ring is 1. The number of nitrogens with zero attached hydrogens (tertiary/aromatic N) is 1. The van der Waals surface area contributed by atoms with E-state index in [-0.39, 0.29) is 11.6 Å². The lowest BCUT2D eigenvalue weighted by Gasteiger charge is -2.36. The van der Waals surface area contributed by atoms with Gasteiger partial charge in [0.25, 0.3) is 6.47 Å². The summed E-state index contributed by atoms with van der Waals surface area (Å²) in [6.45, 7) is 10.9. The molecule has 1 aliphatic heterocycles. The maximum atomic E-state index is 11.4. The molecule has 1 heterocycles. The first-order chi connectivity index (χ1) is 11.7. The van der Waals surface area contributed by atoms with Gasteiger partial charge >= 0.3 is 5.97 Å². The van der Waals surface area contributed by atoms with Gasteiger partial charge in [0.1, 0.15) is 5.60 Å². The van der Waals surface area contributed by atoms with Crippen molar-refractivity contribution in [2.75, 3.05) is 37.4 Å². The van der Waals surface area contributed by atoms with E-state index in [9.17, 15) is 9.59 Å². The third-order valence-corrected chi connectivity index (χ3v) is 3.66. The lowest BCUT2D eigenvalue weighted by molar-refractivity contribution is -0.138. The lowest BCUT2D eigenvalue weighted by atomic mass is 10.1. The zero-order chi connectivity index (χ0) is 19.0. The molecule has 1 fully saturated rings. The average molecular weight is 351 g/mol. The topological polar surface area (TPSA) is 93.9 Å². The van der Waals surface area contributed by atoms with Gasteiger partial charge in [-0.3, -0.25) is 4.79 Å². The fourth-order valence-electron chi connectivity index (χ4n) is 2.40. The van der Waals surface area contributed by atoms with Crippen LogP contribution in [-0.2, 0) is 14.3 Å². The summed E-state index contributed by atoms with van der Waals surface area (Å²) >= 11 is 0. The summed E-state index contributed by atoms with van der Waals surface area (Å²) in [5, 5.41) is 3.34. The van der Waals surface area contributed by atoms with Crippen LogP contribution in [0.5, 0.6) is 0 Å². The molecule has 7 nitrogen and oxygen atoms in total. The summed E-state index contributed by atoms with van der Waals surface area (Å²) in [5.74, 6) is -0.360. The Bertz CT molecular complexity index is 584. The molecule has 0 radical (unpaired) electrons. The minimum atomic E-state index is -0.360. The molecular formula is C18H29N3O4. The van der Waals surface area contributed by atoms with Crippen LogP contribution in [0.25, 0.3) is 0 Å². The van der Waals surface area contributed by atoms with E-state index in [2.05, 4.69) is 26.6 Å². The monoisotopic (exact) mass is 351 g/mol. The third-order valence-electron chi connectivity index (χ3n) is 3.66. The van der Waals surface area contributed by atoms with Crippen LogP contribution in [0.15, 0.2) is 18.2 Å². The molecule has 1 aromatic carbocycles. The maximum Gasteiger partial charge on any atom is 0.337 e. The summed E-state index contributed by atoms with van der Waals surface area (Å²) in [6, 6.07) is 5.72. The predicted octanol–water partition coefficient (Wildman–Crippen LogP) is 1.81. The molecule has 0 aliphatic carbocycles. The molecule has 1 atom stereocenters. The molecule has 0 aromatic heterocycles. The SMILES string of the molecule is CC(C)(C)OC=O.COC(=O)c1ccc(N2CCNC[C@H]2C)c(N)c1. The first-order valence-corrected chi connectivity index (χ1v) is 8.26. The molecule has 7 heteroatoms. The molecule has 0 saturated carbocycles. The zero-order valence-electron chi connectivity index (χ0n) is 15.7. The van der Waals surface area contributed by atoms with Gasteiger partial charge in [0.05, 0.1) is 24.0 Å². The van der Waals surface area contributed by atoms with Crippen molar-refractivity contribution in [3.63, 3.8) is 0 Å². The van der Waals surface area contributed by atoms with E-state index >= 15 is 0 Å². The van der Waals surface area contributed by atoms with Crippen LogP contribution in [0, 0.1) is 0 Å². The number of nitrogens with two attached hydrogens (primary N) is 1. The molecule has 1 aromatic rings. The van der Waals surface area contributed by atoms with Crippen LogP contribution in [0.2, 0.25) is 0 Å². The Morgan fingerprint density at radius 3 is 2.52 bits per heavy atom. The van der Waals surface area contributed by atoms with Crippen LogP contribution in [0.1, 0.15) is 38.1 Å². The minimum Gasteiger partial charge on any atom is -0.465 e. The highest BCUT2D eigenvalue weighted by Gasteiger charge is 2.20. The highest BCUT2D eigenvalue weighted by molar-refractivity contribution is 5.92. The maximum absolute atomic E-state index is 11.4.